The molecule has 2 aliphatic rings. The Morgan fingerprint density at radius 1 is 1.05 bits per heavy atom. The molecular formula is C30H38N6O2. The lowest BCUT2D eigenvalue weighted by molar-refractivity contribution is -0.118. The summed E-state index contributed by atoms with van der Waals surface area (Å²) in [6, 6.07) is 7.83. The fourth-order valence-corrected chi connectivity index (χ4v) is 5.14. The summed E-state index contributed by atoms with van der Waals surface area (Å²) in [5, 5.41) is 3.76. The average Bonchev–Trinajstić information content (AvgIpc) is 3.07. The summed E-state index contributed by atoms with van der Waals surface area (Å²) in [5.41, 5.74) is 12.9. The standard InChI is InChI=1S/C23H25N5O.C7H13NO/c1-14(2)23(29)27-17-11-9-16(10-12-17)20-18(15-7-5-4-6-8-15)19-21(24)25-13-26-22(19)28(20)3;9-7-8-5-3-1-2-4-6-8/h7,9-13H,1,4-6,8H2,2-3H3,(H,27,29)(H2,24,25,26);7H,1-6H2. The van der Waals surface area contributed by atoms with Crippen LogP contribution >= 0.6 is 0 Å². The smallest absolute Gasteiger partial charge is 0.250 e. The van der Waals surface area contributed by atoms with Gasteiger partial charge in [0.25, 0.3) is 5.91 Å². The highest BCUT2D eigenvalue weighted by Crippen LogP contribution is 2.42. The minimum Gasteiger partial charge on any atom is -0.383 e. The summed E-state index contributed by atoms with van der Waals surface area (Å²) in [7, 11) is 2.01. The van der Waals surface area contributed by atoms with Crippen molar-refractivity contribution < 1.29 is 9.59 Å². The molecule has 2 aromatic heterocycles. The van der Waals surface area contributed by atoms with Crippen LogP contribution in [-0.2, 0) is 16.6 Å². The second kappa shape index (κ2) is 12.5. The van der Waals surface area contributed by atoms with Crippen LogP contribution in [0.15, 0.2) is 48.8 Å². The normalized spacial score (nSPS) is 15.6. The molecule has 1 aliphatic carbocycles. The van der Waals surface area contributed by atoms with Gasteiger partial charge in [-0.1, -0.05) is 37.6 Å². The number of aryl methyl sites for hydroxylation is 1. The Morgan fingerprint density at radius 2 is 1.76 bits per heavy atom. The Balaban J connectivity index is 0.000000317. The lowest BCUT2D eigenvalue weighted by Gasteiger charge is -2.16. The first kappa shape index (κ1) is 27.1. The van der Waals surface area contributed by atoms with Crippen molar-refractivity contribution in [2.24, 2.45) is 7.05 Å². The molecule has 3 heterocycles. The Hall–Kier alpha value is -3.94. The summed E-state index contributed by atoms with van der Waals surface area (Å²) in [6.07, 6.45) is 14.2. The van der Waals surface area contributed by atoms with Crippen LogP contribution in [0, 0.1) is 0 Å². The molecule has 0 radical (unpaired) electrons. The van der Waals surface area contributed by atoms with Crippen molar-refractivity contribution in [1.29, 1.82) is 0 Å². The maximum atomic E-state index is 11.9. The molecule has 8 heteroatoms. The van der Waals surface area contributed by atoms with Gasteiger partial charge in [0.15, 0.2) is 0 Å². The first-order chi connectivity index (χ1) is 18.4. The molecule has 5 rings (SSSR count). The minimum absolute atomic E-state index is 0.182. The van der Waals surface area contributed by atoms with Gasteiger partial charge in [-0.2, -0.15) is 0 Å². The Morgan fingerprint density at radius 3 is 2.37 bits per heavy atom. The van der Waals surface area contributed by atoms with Gasteiger partial charge < -0.3 is 20.5 Å². The molecule has 1 fully saturated rings. The second-order valence-corrected chi connectivity index (χ2v) is 10.1. The number of nitrogens with zero attached hydrogens (tertiary/aromatic N) is 4. The minimum atomic E-state index is -0.182. The fraction of sp³-hybridized carbons (Fsp3) is 0.400. The molecule has 0 atom stereocenters. The molecule has 0 unspecified atom stereocenters. The van der Waals surface area contributed by atoms with Gasteiger partial charge >= 0.3 is 0 Å². The summed E-state index contributed by atoms with van der Waals surface area (Å²) in [4.78, 5) is 32.7. The molecule has 38 heavy (non-hydrogen) atoms. The van der Waals surface area contributed by atoms with Crippen molar-refractivity contribution in [3.8, 4) is 11.3 Å². The zero-order valence-electron chi connectivity index (χ0n) is 22.5. The van der Waals surface area contributed by atoms with E-state index < -0.39 is 0 Å². The zero-order chi connectivity index (χ0) is 27.1. The fourth-order valence-electron chi connectivity index (χ4n) is 5.14. The number of benzene rings is 1. The van der Waals surface area contributed by atoms with Crippen molar-refractivity contribution in [1.82, 2.24) is 19.4 Å². The molecule has 0 bridgehead atoms. The summed E-state index contributed by atoms with van der Waals surface area (Å²) >= 11 is 0. The van der Waals surface area contributed by atoms with Crippen LogP contribution in [0.25, 0.3) is 27.9 Å². The quantitative estimate of drug-likeness (QED) is 0.335. The van der Waals surface area contributed by atoms with Crippen molar-refractivity contribution in [3.63, 3.8) is 0 Å². The predicted octanol–water partition coefficient (Wildman–Crippen LogP) is 5.71. The van der Waals surface area contributed by atoms with E-state index in [-0.39, 0.29) is 5.91 Å². The van der Waals surface area contributed by atoms with Crippen LogP contribution in [0.4, 0.5) is 11.5 Å². The molecule has 2 amide bonds. The van der Waals surface area contributed by atoms with Gasteiger partial charge in [-0.3, -0.25) is 9.59 Å². The number of rotatable bonds is 5. The highest BCUT2D eigenvalue weighted by molar-refractivity contribution is 6.05. The van der Waals surface area contributed by atoms with Crippen LogP contribution in [0.1, 0.15) is 63.9 Å². The number of likely N-dealkylation sites (tertiary alicyclic amines) is 1. The van der Waals surface area contributed by atoms with Gasteiger partial charge in [-0.15, -0.1) is 0 Å². The van der Waals surface area contributed by atoms with Crippen LogP contribution < -0.4 is 11.1 Å². The maximum absolute atomic E-state index is 11.9. The number of allylic oxidation sites excluding steroid dienone is 2. The number of aromatic nitrogens is 3. The van der Waals surface area contributed by atoms with E-state index in [1.165, 1.54) is 50.4 Å². The van der Waals surface area contributed by atoms with Crippen molar-refractivity contribution in [3.05, 3.63) is 54.4 Å². The van der Waals surface area contributed by atoms with E-state index in [1.54, 1.807) is 6.92 Å². The van der Waals surface area contributed by atoms with Gasteiger partial charge in [0.2, 0.25) is 6.41 Å². The molecule has 3 aromatic rings. The summed E-state index contributed by atoms with van der Waals surface area (Å²) in [6.45, 7) is 7.32. The number of nitrogen functional groups attached to an aromatic ring is 1. The molecule has 200 valence electrons. The van der Waals surface area contributed by atoms with Gasteiger partial charge in [-0.25, -0.2) is 9.97 Å². The number of carbonyl (C=O) groups is 2. The monoisotopic (exact) mass is 514 g/mol. The summed E-state index contributed by atoms with van der Waals surface area (Å²) in [5.74, 6) is 0.321. The average molecular weight is 515 g/mol. The SMILES string of the molecule is C=C(C)C(=O)Nc1ccc(-c2c(C3=CCCCC3)c3c(N)ncnc3n2C)cc1.O=CN1CCCCCC1. The van der Waals surface area contributed by atoms with Crippen molar-refractivity contribution >= 4 is 40.4 Å². The number of nitrogens with two attached hydrogens (primary N) is 1. The van der Waals surface area contributed by atoms with E-state index >= 15 is 0 Å². The molecule has 3 N–H and O–H groups in total. The van der Waals surface area contributed by atoms with Crippen molar-refractivity contribution in [2.75, 3.05) is 24.1 Å². The molecule has 8 nitrogen and oxygen atoms in total. The lowest BCUT2D eigenvalue weighted by Crippen LogP contribution is -2.22. The highest BCUT2D eigenvalue weighted by Gasteiger charge is 2.23. The number of hydrogen-bond acceptors (Lipinski definition) is 5. The van der Waals surface area contributed by atoms with Gasteiger partial charge in [0.1, 0.15) is 17.8 Å². The number of carbonyl (C=O) groups excluding carboxylic acids is 2. The number of nitrogens with one attached hydrogen (secondary N) is 1. The van der Waals surface area contributed by atoms with Crippen LogP contribution in [0.2, 0.25) is 0 Å². The number of anilines is 2. The van der Waals surface area contributed by atoms with E-state index in [4.69, 9.17) is 5.73 Å². The third kappa shape index (κ3) is 6.13. The highest BCUT2D eigenvalue weighted by atomic mass is 16.1. The molecule has 1 saturated heterocycles. The van der Waals surface area contributed by atoms with E-state index in [0.717, 1.165) is 65.9 Å². The molecule has 1 aliphatic heterocycles. The first-order valence-electron chi connectivity index (χ1n) is 13.5. The van der Waals surface area contributed by atoms with Gasteiger partial charge in [0, 0.05) is 37.0 Å². The Bertz CT molecular complexity index is 1330. The Labute approximate surface area is 224 Å². The lowest BCUT2D eigenvalue weighted by atomic mass is 9.90. The number of fused-ring (bicyclic) bond motifs is 1. The van der Waals surface area contributed by atoms with Gasteiger partial charge in [-0.05, 0) is 68.7 Å². The molecule has 1 aromatic carbocycles. The third-order valence-electron chi connectivity index (χ3n) is 7.20. The number of hydrogen-bond donors (Lipinski definition) is 2. The molecule has 0 saturated carbocycles. The summed E-state index contributed by atoms with van der Waals surface area (Å²) < 4.78 is 2.08. The van der Waals surface area contributed by atoms with Gasteiger partial charge in [0.05, 0.1) is 11.1 Å². The third-order valence-corrected chi connectivity index (χ3v) is 7.20. The van der Waals surface area contributed by atoms with Crippen molar-refractivity contribution in [2.45, 2.75) is 58.3 Å². The van der Waals surface area contributed by atoms with E-state index in [0.29, 0.717) is 11.4 Å². The first-order valence-corrected chi connectivity index (χ1v) is 13.5. The largest absolute Gasteiger partial charge is 0.383 e. The Kier molecular flexibility index (Phi) is 8.94. The van der Waals surface area contributed by atoms with E-state index in [9.17, 15) is 9.59 Å². The van der Waals surface area contributed by atoms with Crippen LogP contribution in [0.5, 0.6) is 0 Å². The topological polar surface area (TPSA) is 106 Å². The number of amides is 2. The second-order valence-electron chi connectivity index (χ2n) is 10.1. The molecular weight excluding hydrogens is 476 g/mol. The van der Waals surface area contributed by atoms with E-state index in [1.807, 2.05) is 36.2 Å². The maximum Gasteiger partial charge on any atom is 0.250 e. The van der Waals surface area contributed by atoms with Crippen LogP contribution in [0.3, 0.4) is 0 Å². The zero-order valence-corrected chi connectivity index (χ0v) is 22.5. The molecule has 0 spiro atoms. The van der Waals surface area contributed by atoms with E-state index in [2.05, 4.69) is 32.5 Å². The predicted molar refractivity (Wildman–Crippen MR) is 154 cm³/mol. The van der Waals surface area contributed by atoms with Crippen LogP contribution in [-0.4, -0.2) is 44.8 Å².